The predicted octanol–water partition coefficient (Wildman–Crippen LogP) is 2.87. The molecule has 1 N–H and O–H groups in total. The van der Waals surface area contributed by atoms with Crippen molar-refractivity contribution in [3.8, 4) is 23.0 Å². The van der Waals surface area contributed by atoms with Crippen LogP contribution in [0.15, 0.2) is 18.2 Å². The van der Waals surface area contributed by atoms with Gasteiger partial charge in [-0.05, 0) is 68.2 Å². The summed E-state index contributed by atoms with van der Waals surface area (Å²) in [6, 6.07) is 5.73. The van der Waals surface area contributed by atoms with Crippen LogP contribution in [0.25, 0.3) is 0 Å². The van der Waals surface area contributed by atoms with Crippen molar-refractivity contribution in [2.75, 3.05) is 41.7 Å². The Morgan fingerprint density at radius 3 is 2.70 bits per heavy atom. The molecule has 1 atom stereocenters. The molecule has 0 aliphatic carbocycles. The standard InChI is InChI=1S/C23H28N2O5/c1-13-16(14(8-9-25(2)3)10-19-21(13)30-12-29-19)11-17-15-6-7-18(27-4)22(28-5)20(15)23(26)24-17/h6-7,10,17H,8-9,11-12H2,1-5H3,(H,24,26). The Morgan fingerprint density at radius 2 is 2.00 bits per heavy atom. The molecule has 2 aromatic rings. The third kappa shape index (κ3) is 3.43. The van der Waals surface area contributed by atoms with Gasteiger partial charge in [0.15, 0.2) is 23.0 Å². The van der Waals surface area contributed by atoms with E-state index in [1.54, 1.807) is 14.2 Å². The number of nitrogens with zero attached hydrogens (tertiary/aromatic N) is 1. The van der Waals surface area contributed by atoms with Gasteiger partial charge in [0, 0.05) is 6.54 Å². The third-order valence-corrected chi connectivity index (χ3v) is 5.85. The van der Waals surface area contributed by atoms with Gasteiger partial charge in [0.05, 0.1) is 25.8 Å². The molecule has 2 aliphatic heterocycles. The van der Waals surface area contributed by atoms with Gasteiger partial charge >= 0.3 is 0 Å². The number of rotatable bonds is 7. The molecule has 0 radical (unpaired) electrons. The van der Waals surface area contributed by atoms with E-state index in [0.29, 0.717) is 23.5 Å². The Balaban J connectivity index is 1.73. The number of amides is 1. The summed E-state index contributed by atoms with van der Waals surface area (Å²) < 4.78 is 22.2. The van der Waals surface area contributed by atoms with Gasteiger partial charge in [-0.25, -0.2) is 0 Å². The van der Waals surface area contributed by atoms with Crippen molar-refractivity contribution in [1.29, 1.82) is 0 Å². The van der Waals surface area contributed by atoms with Gasteiger partial charge in [-0.2, -0.15) is 0 Å². The van der Waals surface area contributed by atoms with Crippen molar-refractivity contribution in [2.45, 2.75) is 25.8 Å². The molecule has 0 aromatic heterocycles. The van der Waals surface area contributed by atoms with Crippen LogP contribution < -0.4 is 24.3 Å². The average Bonchev–Trinajstić information content (AvgIpc) is 3.32. The SMILES string of the molecule is COc1ccc2c(c1OC)C(=O)NC2Cc1c(CCN(C)C)cc2c(c1C)OCO2. The van der Waals surface area contributed by atoms with E-state index < -0.39 is 0 Å². The first-order chi connectivity index (χ1) is 14.4. The summed E-state index contributed by atoms with van der Waals surface area (Å²) >= 11 is 0. The molecule has 160 valence electrons. The molecule has 0 saturated carbocycles. The maximum absolute atomic E-state index is 12.8. The molecule has 7 nitrogen and oxygen atoms in total. The van der Waals surface area contributed by atoms with Crippen LogP contribution >= 0.6 is 0 Å². The predicted molar refractivity (Wildman–Crippen MR) is 113 cm³/mol. The summed E-state index contributed by atoms with van der Waals surface area (Å²) in [6.45, 7) is 3.23. The molecule has 1 unspecified atom stereocenters. The number of hydrogen-bond donors (Lipinski definition) is 1. The molecule has 7 heteroatoms. The largest absolute Gasteiger partial charge is 0.493 e. The van der Waals surface area contributed by atoms with E-state index in [-0.39, 0.29) is 18.7 Å². The zero-order valence-corrected chi connectivity index (χ0v) is 18.1. The topological polar surface area (TPSA) is 69.3 Å². The Hall–Kier alpha value is -2.93. The zero-order chi connectivity index (χ0) is 21.4. The highest BCUT2D eigenvalue weighted by Crippen LogP contribution is 2.43. The highest BCUT2D eigenvalue weighted by molar-refractivity contribution is 6.02. The smallest absolute Gasteiger partial charge is 0.256 e. The van der Waals surface area contributed by atoms with Crippen LogP contribution in [-0.2, 0) is 12.8 Å². The summed E-state index contributed by atoms with van der Waals surface area (Å²) in [6.07, 6.45) is 1.55. The maximum atomic E-state index is 12.8. The quantitative estimate of drug-likeness (QED) is 0.754. The van der Waals surface area contributed by atoms with Crippen LogP contribution in [-0.4, -0.2) is 52.5 Å². The molecular formula is C23H28N2O5. The van der Waals surface area contributed by atoms with E-state index in [4.69, 9.17) is 18.9 Å². The minimum atomic E-state index is -0.149. The lowest BCUT2D eigenvalue weighted by molar-refractivity contribution is 0.0953. The fourth-order valence-corrected chi connectivity index (χ4v) is 4.30. The third-order valence-electron chi connectivity index (χ3n) is 5.85. The van der Waals surface area contributed by atoms with E-state index in [2.05, 4.69) is 37.3 Å². The van der Waals surface area contributed by atoms with Gasteiger partial charge in [0.25, 0.3) is 5.91 Å². The summed E-state index contributed by atoms with van der Waals surface area (Å²) in [5, 5.41) is 3.12. The lowest BCUT2D eigenvalue weighted by Crippen LogP contribution is -2.22. The zero-order valence-electron chi connectivity index (χ0n) is 18.1. The number of benzene rings is 2. The Labute approximate surface area is 176 Å². The number of methoxy groups -OCH3 is 2. The minimum Gasteiger partial charge on any atom is -0.493 e. The number of ether oxygens (including phenoxy) is 4. The van der Waals surface area contributed by atoms with Gasteiger partial charge < -0.3 is 29.2 Å². The summed E-state index contributed by atoms with van der Waals surface area (Å²) in [5.74, 6) is 2.49. The van der Waals surface area contributed by atoms with Crippen molar-refractivity contribution in [3.05, 3.63) is 46.0 Å². The molecule has 2 aromatic carbocycles. The van der Waals surface area contributed by atoms with E-state index in [9.17, 15) is 4.79 Å². The van der Waals surface area contributed by atoms with Crippen LogP contribution in [0.2, 0.25) is 0 Å². The second-order valence-corrected chi connectivity index (χ2v) is 7.92. The fraction of sp³-hybridized carbons (Fsp3) is 0.435. The molecule has 0 bridgehead atoms. The highest BCUT2D eigenvalue weighted by Gasteiger charge is 2.35. The highest BCUT2D eigenvalue weighted by atomic mass is 16.7. The lowest BCUT2D eigenvalue weighted by atomic mass is 9.90. The average molecular weight is 412 g/mol. The number of fused-ring (bicyclic) bond motifs is 2. The number of nitrogens with one attached hydrogen (secondary N) is 1. The molecule has 30 heavy (non-hydrogen) atoms. The summed E-state index contributed by atoms with van der Waals surface area (Å²) in [7, 11) is 7.25. The second-order valence-electron chi connectivity index (χ2n) is 7.92. The first kappa shape index (κ1) is 20.3. The van der Waals surface area contributed by atoms with Crippen LogP contribution in [0.5, 0.6) is 23.0 Å². The van der Waals surface area contributed by atoms with Gasteiger partial charge in [-0.3, -0.25) is 4.79 Å². The molecule has 0 spiro atoms. The van der Waals surface area contributed by atoms with Crippen LogP contribution in [0.1, 0.15) is 38.7 Å². The van der Waals surface area contributed by atoms with Crippen molar-refractivity contribution >= 4 is 5.91 Å². The second kappa shape index (κ2) is 8.07. The molecule has 0 saturated heterocycles. The van der Waals surface area contributed by atoms with Crippen molar-refractivity contribution in [2.24, 2.45) is 0 Å². The molecular weight excluding hydrogens is 384 g/mol. The maximum Gasteiger partial charge on any atom is 0.256 e. The summed E-state index contributed by atoms with van der Waals surface area (Å²) in [4.78, 5) is 14.9. The Bertz CT molecular complexity index is 986. The summed E-state index contributed by atoms with van der Waals surface area (Å²) in [5.41, 5.74) is 4.95. The molecule has 1 amide bonds. The van der Waals surface area contributed by atoms with E-state index in [0.717, 1.165) is 35.6 Å². The minimum absolute atomic E-state index is 0.140. The Kier molecular flexibility index (Phi) is 5.47. The number of likely N-dealkylation sites (N-methyl/N-ethyl adjacent to an activating group) is 1. The van der Waals surface area contributed by atoms with Gasteiger partial charge in [-0.1, -0.05) is 6.07 Å². The van der Waals surface area contributed by atoms with E-state index in [1.165, 1.54) is 11.1 Å². The first-order valence-corrected chi connectivity index (χ1v) is 10.1. The van der Waals surface area contributed by atoms with Gasteiger partial charge in [0.2, 0.25) is 6.79 Å². The van der Waals surface area contributed by atoms with Crippen molar-refractivity contribution in [1.82, 2.24) is 10.2 Å². The van der Waals surface area contributed by atoms with Crippen LogP contribution in [0.4, 0.5) is 0 Å². The Morgan fingerprint density at radius 1 is 1.20 bits per heavy atom. The van der Waals surface area contributed by atoms with Crippen LogP contribution in [0, 0.1) is 6.92 Å². The van der Waals surface area contributed by atoms with Gasteiger partial charge in [0.1, 0.15) is 0 Å². The molecule has 2 aliphatic rings. The molecule has 0 fully saturated rings. The lowest BCUT2D eigenvalue weighted by Gasteiger charge is -2.20. The monoisotopic (exact) mass is 412 g/mol. The molecule has 4 rings (SSSR count). The van der Waals surface area contributed by atoms with Crippen molar-refractivity contribution < 1.29 is 23.7 Å². The normalized spacial score (nSPS) is 16.6. The van der Waals surface area contributed by atoms with Crippen molar-refractivity contribution in [3.63, 3.8) is 0 Å². The molecule has 2 heterocycles. The number of hydrogen-bond acceptors (Lipinski definition) is 6. The van der Waals surface area contributed by atoms with Crippen LogP contribution in [0.3, 0.4) is 0 Å². The number of carbonyl (C=O) groups excluding carboxylic acids is 1. The first-order valence-electron chi connectivity index (χ1n) is 10.1. The fourth-order valence-electron chi connectivity index (χ4n) is 4.30. The van der Waals surface area contributed by atoms with E-state index in [1.807, 2.05) is 12.1 Å². The van der Waals surface area contributed by atoms with E-state index >= 15 is 0 Å². The van der Waals surface area contributed by atoms with Gasteiger partial charge in [-0.15, -0.1) is 0 Å². The number of carbonyl (C=O) groups is 1.